The van der Waals surface area contributed by atoms with Gasteiger partial charge in [0.25, 0.3) is 0 Å². The second-order valence-electron chi connectivity index (χ2n) is 6.25. The molecule has 9 heteroatoms. The summed E-state index contributed by atoms with van der Waals surface area (Å²) in [7, 11) is 0. The van der Waals surface area contributed by atoms with Crippen molar-refractivity contribution in [3.05, 3.63) is 53.6 Å². The maximum Gasteiger partial charge on any atom is 0.249 e. The third-order valence-corrected chi connectivity index (χ3v) is 5.28. The molecule has 3 aromatic rings. The van der Waals surface area contributed by atoms with E-state index in [1.807, 2.05) is 0 Å². The molecule has 0 aliphatic carbocycles. The zero-order chi connectivity index (χ0) is 19.7. The van der Waals surface area contributed by atoms with Crippen LogP contribution in [0.5, 0.6) is 5.75 Å². The van der Waals surface area contributed by atoms with Gasteiger partial charge < -0.3 is 5.11 Å². The lowest BCUT2D eigenvalue weighted by Crippen LogP contribution is -2.41. The van der Waals surface area contributed by atoms with Crippen LogP contribution in [0, 0.1) is 0 Å². The lowest BCUT2D eigenvalue weighted by atomic mass is 10.2. The number of hydrogen-bond donors (Lipinski definition) is 2. The standard InChI is InChI=1S/C19H15ClN4O3S/c20-12-3-5-13(6-4-12)24-15(9-10-16(24)26)18(27)22-19-21-17(23-28-19)11-1-7-14(25)8-2-11/h1-8,15,25H,9-10H2,(H,21,22,23,27)/t15-/m0/s1. The third kappa shape index (κ3) is 3.69. The van der Waals surface area contributed by atoms with E-state index in [-0.39, 0.29) is 17.6 Å². The minimum atomic E-state index is -0.616. The van der Waals surface area contributed by atoms with Gasteiger partial charge in [0.15, 0.2) is 5.82 Å². The van der Waals surface area contributed by atoms with E-state index < -0.39 is 6.04 Å². The van der Waals surface area contributed by atoms with E-state index in [0.29, 0.717) is 34.5 Å². The van der Waals surface area contributed by atoms with E-state index >= 15 is 0 Å². The Labute approximate surface area is 169 Å². The Hall–Kier alpha value is -2.97. The number of carbonyl (C=O) groups is 2. The molecule has 4 rings (SSSR count). The van der Waals surface area contributed by atoms with E-state index in [9.17, 15) is 14.7 Å². The molecule has 142 valence electrons. The number of aromatic nitrogens is 2. The first-order valence-electron chi connectivity index (χ1n) is 8.53. The van der Waals surface area contributed by atoms with Crippen molar-refractivity contribution < 1.29 is 14.7 Å². The van der Waals surface area contributed by atoms with Crippen molar-refractivity contribution in [1.29, 1.82) is 0 Å². The van der Waals surface area contributed by atoms with Crippen LogP contribution in [0.15, 0.2) is 48.5 Å². The average molecular weight is 415 g/mol. The molecular formula is C19H15ClN4O3S. The molecule has 1 fully saturated rings. The number of phenolic OH excluding ortho intramolecular Hbond substituents is 1. The van der Waals surface area contributed by atoms with Gasteiger partial charge in [0, 0.05) is 34.2 Å². The van der Waals surface area contributed by atoms with Gasteiger partial charge >= 0.3 is 0 Å². The fourth-order valence-corrected chi connectivity index (χ4v) is 3.77. The van der Waals surface area contributed by atoms with Crippen molar-refractivity contribution in [2.45, 2.75) is 18.9 Å². The molecule has 0 spiro atoms. The Morgan fingerprint density at radius 2 is 1.89 bits per heavy atom. The molecule has 7 nitrogen and oxygen atoms in total. The highest BCUT2D eigenvalue weighted by molar-refractivity contribution is 7.10. The van der Waals surface area contributed by atoms with Crippen LogP contribution >= 0.6 is 23.1 Å². The quantitative estimate of drug-likeness (QED) is 0.678. The van der Waals surface area contributed by atoms with Crippen LogP contribution in [-0.2, 0) is 9.59 Å². The highest BCUT2D eigenvalue weighted by Gasteiger charge is 2.37. The number of amides is 2. The first-order valence-corrected chi connectivity index (χ1v) is 9.68. The minimum absolute atomic E-state index is 0.107. The van der Waals surface area contributed by atoms with Crippen LogP contribution in [0.4, 0.5) is 10.8 Å². The van der Waals surface area contributed by atoms with E-state index in [2.05, 4.69) is 14.7 Å². The van der Waals surface area contributed by atoms with Gasteiger partial charge in [-0.25, -0.2) is 0 Å². The summed E-state index contributed by atoms with van der Waals surface area (Å²) in [6.45, 7) is 0. The van der Waals surface area contributed by atoms with E-state index in [1.165, 1.54) is 4.90 Å². The van der Waals surface area contributed by atoms with Gasteiger partial charge in [-0.1, -0.05) is 11.6 Å². The van der Waals surface area contributed by atoms with Gasteiger partial charge in [-0.15, -0.1) is 0 Å². The maximum absolute atomic E-state index is 12.8. The third-order valence-electron chi connectivity index (χ3n) is 4.40. The molecule has 0 radical (unpaired) electrons. The first-order chi connectivity index (χ1) is 13.5. The monoisotopic (exact) mass is 414 g/mol. The predicted octanol–water partition coefficient (Wildman–Crippen LogP) is 3.70. The number of anilines is 2. The van der Waals surface area contributed by atoms with Crippen molar-refractivity contribution >= 4 is 45.8 Å². The highest BCUT2D eigenvalue weighted by atomic mass is 35.5. The number of carbonyl (C=O) groups excluding carboxylic acids is 2. The number of phenols is 1. The maximum atomic E-state index is 12.8. The zero-order valence-electron chi connectivity index (χ0n) is 14.5. The van der Waals surface area contributed by atoms with Gasteiger partial charge in [-0.2, -0.15) is 9.36 Å². The molecule has 0 saturated carbocycles. The van der Waals surface area contributed by atoms with Crippen molar-refractivity contribution in [2.75, 3.05) is 10.2 Å². The molecular weight excluding hydrogens is 400 g/mol. The van der Waals surface area contributed by atoms with Crippen LogP contribution in [0.1, 0.15) is 12.8 Å². The van der Waals surface area contributed by atoms with Gasteiger partial charge in [-0.05, 0) is 55.0 Å². The summed E-state index contributed by atoms with van der Waals surface area (Å²) in [5.74, 6) is 0.191. The zero-order valence-corrected chi connectivity index (χ0v) is 16.1. The molecule has 2 amide bonds. The minimum Gasteiger partial charge on any atom is -0.508 e. The highest BCUT2D eigenvalue weighted by Crippen LogP contribution is 2.29. The molecule has 1 aliphatic heterocycles. The summed E-state index contributed by atoms with van der Waals surface area (Å²) in [6.07, 6.45) is 0.729. The Morgan fingerprint density at radius 3 is 2.61 bits per heavy atom. The fourth-order valence-electron chi connectivity index (χ4n) is 3.05. The van der Waals surface area contributed by atoms with Crippen molar-refractivity contribution in [1.82, 2.24) is 9.36 Å². The molecule has 28 heavy (non-hydrogen) atoms. The lowest BCUT2D eigenvalue weighted by molar-refractivity contribution is -0.120. The van der Waals surface area contributed by atoms with Crippen LogP contribution in [0.3, 0.4) is 0 Å². The number of halogens is 1. The first kappa shape index (κ1) is 18.4. The van der Waals surface area contributed by atoms with Crippen LogP contribution < -0.4 is 10.2 Å². The molecule has 1 aliphatic rings. The summed E-state index contributed by atoms with van der Waals surface area (Å²) < 4.78 is 4.24. The topological polar surface area (TPSA) is 95.4 Å². The van der Waals surface area contributed by atoms with Crippen molar-refractivity contribution in [2.24, 2.45) is 0 Å². The smallest absolute Gasteiger partial charge is 0.249 e. The Bertz CT molecular complexity index is 1020. The van der Waals surface area contributed by atoms with Gasteiger partial charge in [-0.3, -0.25) is 19.8 Å². The normalized spacial score (nSPS) is 16.4. The molecule has 2 aromatic carbocycles. The number of benzene rings is 2. The molecule has 2 N–H and O–H groups in total. The summed E-state index contributed by atoms with van der Waals surface area (Å²) in [5, 5.41) is 13.0. The van der Waals surface area contributed by atoms with Crippen LogP contribution in [-0.4, -0.2) is 32.3 Å². The van der Waals surface area contributed by atoms with Gasteiger partial charge in [0.05, 0.1) is 0 Å². The van der Waals surface area contributed by atoms with E-state index in [0.717, 1.165) is 17.1 Å². The summed E-state index contributed by atoms with van der Waals surface area (Å²) in [6, 6.07) is 12.7. The molecule has 0 bridgehead atoms. The fraction of sp³-hybridized carbons (Fsp3) is 0.158. The molecule has 1 atom stereocenters. The Balaban J connectivity index is 1.50. The number of nitrogens with zero attached hydrogens (tertiary/aromatic N) is 3. The van der Waals surface area contributed by atoms with Crippen molar-refractivity contribution in [3.8, 4) is 17.1 Å². The second-order valence-corrected chi connectivity index (χ2v) is 7.44. The van der Waals surface area contributed by atoms with E-state index in [1.54, 1.807) is 48.5 Å². The largest absolute Gasteiger partial charge is 0.508 e. The predicted molar refractivity (Wildman–Crippen MR) is 108 cm³/mol. The van der Waals surface area contributed by atoms with Crippen molar-refractivity contribution in [3.63, 3.8) is 0 Å². The van der Waals surface area contributed by atoms with Crippen LogP contribution in [0.25, 0.3) is 11.4 Å². The Kier molecular flexibility index (Phi) is 4.97. The second kappa shape index (κ2) is 7.57. The molecule has 1 aromatic heterocycles. The number of aromatic hydroxyl groups is 1. The summed E-state index contributed by atoms with van der Waals surface area (Å²) in [4.78, 5) is 30.9. The van der Waals surface area contributed by atoms with E-state index in [4.69, 9.17) is 11.6 Å². The lowest BCUT2D eigenvalue weighted by Gasteiger charge is -2.23. The average Bonchev–Trinajstić information content (AvgIpc) is 3.30. The molecule has 0 unspecified atom stereocenters. The number of hydrogen-bond acceptors (Lipinski definition) is 6. The Morgan fingerprint density at radius 1 is 1.18 bits per heavy atom. The van der Waals surface area contributed by atoms with Gasteiger partial charge in [0.2, 0.25) is 16.9 Å². The molecule has 2 heterocycles. The van der Waals surface area contributed by atoms with Gasteiger partial charge in [0.1, 0.15) is 11.8 Å². The number of nitrogens with one attached hydrogen (secondary N) is 1. The summed E-state index contributed by atoms with van der Waals surface area (Å²) in [5.41, 5.74) is 1.36. The number of rotatable bonds is 4. The molecule has 1 saturated heterocycles. The summed E-state index contributed by atoms with van der Waals surface area (Å²) >= 11 is 6.97. The SMILES string of the molecule is O=C(Nc1nc(-c2ccc(O)cc2)ns1)[C@@H]1CCC(=O)N1c1ccc(Cl)cc1. The van der Waals surface area contributed by atoms with Crippen LogP contribution in [0.2, 0.25) is 5.02 Å².